The number of aromatic nitrogens is 1. The van der Waals surface area contributed by atoms with Crippen LogP contribution in [0, 0.1) is 5.41 Å². The van der Waals surface area contributed by atoms with Crippen molar-refractivity contribution in [1.29, 1.82) is 0 Å². The zero-order valence-corrected chi connectivity index (χ0v) is 19.3. The fourth-order valence-electron chi connectivity index (χ4n) is 4.84. The third kappa shape index (κ3) is 5.00. The van der Waals surface area contributed by atoms with Crippen LogP contribution in [0.25, 0.3) is 0 Å². The summed E-state index contributed by atoms with van der Waals surface area (Å²) in [4.78, 5) is 41.0. The van der Waals surface area contributed by atoms with Crippen LogP contribution in [0.1, 0.15) is 72.8 Å². The van der Waals surface area contributed by atoms with Gasteiger partial charge in [-0.2, -0.15) is 0 Å². The Bertz CT molecular complexity index is 1190. The van der Waals surface area contributed by atoms with Crippen molar-refractivity contribution >= 4 is 23.2 Å². The summed E-state index contributed by atoms with van der Waals surface area (Å²) in [5.41, 5.74) is 2.11. The number of benzene rings is 1. The number of aliphatic hydroxyl groups is 1. The number of carbonyl (C=O) groups excluding carboxylic acids is 2. The molecule has 1 saturated carbocycles. The molecule has 1 aromatic carbocycles. The van der Waals surface area contributed by atoms with Crippen molar-refractivity contribution in [3.8, 4) is 0 Å². The minimum atomic E-state index is -1.11. The predicted octanol–water partition coefficient (Wildman–Crippen LogP) is 4.25. The van der Waals surface area contributed by atoms with Gasteiger partial charge in [-0.1, -0.05) is 49.3 Å². The molecule has 0 amide bonds. The fraction of sp³-hybridized carbons (Fsp3) is 0.423. The summed E-state index contributed by atoms with van der Waals surface area (Å²) < 4.78 is 5.42. The van der Waals surface area contributed by atoms with Gasteiger partial charge >= 0.3 is 5.97 Å². The number of aryl methyl sites for hydroxylation is 1. The molecule has 0 saturated heterocycles. The quantitative estimate of drug-likeness (QED) is 0.483. The second-order valence-corrected chi connectivity index (χ2v) is 9.79. The van der Waals surface area contributed by atoms with E-state index in [9.17, 15) is 19.5 Å². The second-order valence-electron chi connectivity index (χ2n) is 9.79. The second kappa shape index (κ2) is 9.37. The van der Waals surface area contributed by atoms with Crippen LogP contribution in [0.5, 0.6) is 0 Å². The number of nitrogens with zero attached hydrogens (tertiary/aromatic N) is 2. The number of hydrogen-bond acceptors (Lipinski definition) is 7. The maximum atomic E-state index is 13.1. The minimum Gasteiger partial charge on any atom is -0.511 e. The molecule has 0 aliphatic heterocycles. The molecule has 8 nitrogen and oxygen atoms in total. The molecule has 1 unspecified atom stereocenters. The van der Waals surface area contributed by atoms with Crippen LogP contribution in [0.15, 0.2) is 51.2 Å². The normalized spacial score (nSPS) is 22.5. The summed E-state index contributed by atoms with van der Waals surface area (Å²) in [6, 6.07) is 9.51. The molecule has 1 heterocycles. The molecule has 1 atom stereocenters. The van der Waals surface area contributed by atoms with Gasteiger partial charge in [-0.25, -0.2) is 0 Å². The van der Waals surface area contributed by atoms with Crippen molar-refractivity contribution in [3.05, 3.63) is 64.2 Å². The lowest BCUT2D eigenvalue weighted by atomic mass is 9.76. The lowest BCUT2D eigenvalue weighted by Crippen LogP contribution is -2.27. The summed E-state index contributed by atoms with van der Waals surface area (Å²) in [6.45, 7) is 3.52. The lowest BCUT2D eigenvalue weighted by molar-refractivity contribution is -0.135. The number of aliphatic carboxylic acids is 1. The van der Waals surface area contributed by atoms with Crippen molar-refractivity contribution in [2.24, 2.45) is 10.4 Å². The minimum absolute atomic E-state index is 0.0298. The third-order valence-corrected chi connectivity index (χ3v) is 6.39. The first kappa shape index (κ1) is 23.6. The third-order valence-electron chi connectivity index (χ3n) is 6.39. The average Bonchev–Trinajstić information content (AvgIpc) is 3.18. The van der Waals surface area contributed by atoms with Crippen LogP contribution in [0.3, 0.4) is 0 Å². The van der Waals surface area contributed by atoms with E-state index in [1.54, 1.807) is 0 Å². The van der Waals surface area contributed by atoms with Crippen molar-refractivity contribution in [3.63, 3.8) is 0 Å². The molecule has 2 aliphatic rings. The van der Waals surface area contributed by atoms with Gasteiger partial charge in [0, 0.05) is 32.1 Å². The Morgan fingerprint density at radius 1 is 1.12 bits per heavy atom. The monoisotopic (exact) mass is 464 g/mol. The molecule has 2 aliphatic carbocycles. The Kier molecular flexibility index (Phi) is 6.50. The standard InChI is InChI=1S/C26H28N2O6/c1-26(2)12-21(31)25-17(28-34-22(25)13-26)8-9-19(29)24-18(27-14-23(32)33)10-16(11-20(24)30)15-6-4-3-5-7-15/h3-7,16,29H,8-14H2,1-2H3,(H,32,33)/b24-19+,27-18?. The van der Waals surface area contributed by atoms with Gasteiger partial charge in [-0.3, -0.25) is 19.4 Å². The zero-order chi connectivity index (χ0) is 24.5. The van der Waals surface area contributed by atoms with Gasteiger partial charge in [0.05, 0.1) is 22.5 Å². The van der Waals surface area contributed by atoms with E-state index in [1.807, 2.05) is 44.2 Å². The SMILES string of the molecule is CC1(C)CC(=O)c2c(CC/C(O)=C3\C(=O)CC(c4ccccc4)CC3=NCC(=O)O)noc2C1. The van der Waals surface area contributed by atoms with Crippen molar-refractivity contribution in [1.82, 2.24) is 5.16 Å². The number of aliphatic hydroxyl groups excluding tert-OH is 1. The van der Waals surface area contributed by atoms with E-state index in [1.165, 1.54) is 0 Å². The molecular weight excluding hydrogens is 436 g/mol. The van der Waals surface area contributed by atoms with E-state index in [2.05, 4.69) is 10.1 Å². The Hall–Kier alpha value is -3.55. The topological polar surface area (TPSA) is 130 Å². The van der Waals surface area contributed by atoms with E-state index < -0.39 is 12.5 Å². The van der Waals surface area contributed by atoms with Crippen molar-refractivity contribution in [2.75, 3.05) is 6.54 Å². The number of Topliss-reactive ketones (excluding diaryl/α,β-unsaturated/α-hetero) is 2. The maximum Gasteiger partial charge on any atom is 0.325 e. The van der Waals surface area contributed by atoms with E-state index in [-0.39, 0.29) is 53.5 Å². The Labute approximate surface area is 197 Å². The van der Waals surface area contributed by atoms with Gasteiger partial charge in [0.25, 0.3) is 0 Å². The zero-order valence-electron chi connectivity index (χ0n) is 19.3. The number of rotatable bonds is 6. The number of hydrogen-bond donors (Lipinski definition) is 2. The van der Waals surface area contributed by atoms with Gasteiger partial charge in [-0.15, -0.1) is 0 Å². The molecule has 4 rings (SSSR count). The molecule has 0 radical (unpaired) electrons. The van der Waals surface area contributed by atoms with E-state index in [0.717, 1.165) is 5.56 Å². The Balaban J connectivity index is 1.58. The van der Waals surface area contributed by atoms with Crippen LogP contribution in [-0.2, 0) is 22.4 Å². The predicted molar refractivity (Wildman–Crippen MR) is 124 cm³/mol. The molecule has 0 spiro atoms. The van der Waals surface area contributed by atoms with Crippen LogP contribution >= 0.6 is 0 Å². The number of allylic oxidation sites excluding steroid dienone is 2. The highest BCUT2D eigenvalue weighted by atomic mass is 16.5. The van der Waals surface area contributed by atoms with E-state index >= 15 is 0 Å². The molecule has 8 heteroatoms. The number of carboxylic acids is 1. The van der Waals surface area contributed by atoms with Crippen molar-refractivity contribution < 1.29 is 29.1 Å². The number of aliphatic imine (C=N–C) groups is 1. The molecule has 2 N–H and O–H groups in total. The average molecular weight is 465 g/mol. The van der Waals surface area contributed by atoms with E-state index in [4.69, 9.17) is 9.63 Å². The lowest BCUT2D eigenvalue weighted by Gasteiger charge is -2.27. The molecule has 0 bridgehead atoms. The summed E-state index contributed by atoms with van der Waals surface area (Å²) in [7, 11) is 0. The van der Waals surface area contributed by atoms with Crippen LogP contribution in [-0.4, -0.2) is 45.2 Å². The number of fused-ring (bicyclic) bond motifs is 1. The largest absolute Gasteiger partial charge is 0.511 e. The number of carbonyl (C=O) groups is 3. The van der Waals surface area contributed by atoms with Crippen LogP contribution in [0.2, 0.25) is 0 Å². The van der Waals surface area contributed by atoms with Gasteiger partial charge in [0.1, 0.15) is 18.1 Å². The molecule has 34 heavy (non-hydrogen) atoms. The summed E-state index contributed by atoms with van der Waals surface area (Å²) in [6.07, 6.45) is 1.85. The first-order valence-corrected chi connectivity index (χ1v) is 11.4. The van der Waals surface area contributed by atoms with Crippen LogP contribution < -0.4 is 0 Å². The highest BCUT2D eigenvalue weighted by Crippen LogP contribution is 2.37. The molecule has 2 aromatic rings. The van der Waals surface area contributed by atoms with Gasteiger partial charge in [0.2, 0.25) is 0 Å². The van der Waals surface area contributed by atoms with E-state index in [0.29, 0.717) is 42.0 Å². The Morgan fingerprint density at radius 3 is 2.56 bits per heavy atom. The van der Waals surface area contributed by atoms with Gasteiger partial charge in [0.15, 0.2) is 11.6 Å². The number of ketones is 2. The molecule has 1 aromatic heterocycles. The molecule has 178 valence electrons. The summed E-state index contributed by atoms with van der Waals surface area (Å²) >= 11 is 0. The summed E-state index contributed by atoms with van der Waals surface area (Å²) in [5, 5.41) is 24.0. The molecule has 1 fully saturated rings. The van der Waals surface area contributed by atoms with Crippen molar-refractivity contribution in [2.45, 2.75) is 58.3 Å². The Morgan fingerprint density at radius 2 is 1.85 bits per heavy atom. The smallest absolute Gasteiger partial charge is 0.325 e. The number of carboxylic acid groups (broad SMARTS) is 1. The highest BCUT2D eigenvalue weighted by Gasteiger charge is 2.37. The molecular formula is C26H28N2O6. The fourth-order valence-corrected chi connectivity index (χ4v) is 4.84. The first-order valence-electron chi connectivity index (χ1n) is 11.4. The summed E-state index contributed by atoms with van der Waals surface area (Å²) in [5.74, 6) is -1.16. The highest BCUT2D eigenvalue weighted by molar-refractivity contribution is 6.25. The van der Waals surface area contributed by atoms with Gasteiger partial charge < -0.3 is 14.7 Å². The van der Waals surface area contributed by atoms with Gasteiger partial charge in [-0.05, 0) is 23.3 Å². The maximum absolute atomic E-state index is 13.1. The first-order chi connectivity index (χ1) is 16.1. The van der Waals surface area contributed by atoms with Crippen LogP contribution in [0.4, 0.5) is 0 Å².